The molecule has 1 aliphatic rings. The second-order valence-electron chi connectivity index (χ2n) is 6.43. The van der Waals surface area contributed by atoms with Gasteiger partial charge in [0.2, 0.25) is 0 Å². The van der Waals surface area contributed by atoms with Gasteiger partial charge in [-0.05, 0) is 56.9 Å². The van der Waals surface area contributed by atoms with Gasteiger partial charge in [0.05, 0.1) is 0 Å². The number of hydrogen-bond acceptors (Lipinski definition) is 4. The van der Waals surface area contributed by atoms with E-state index in [1.807, 2.05) is 26.8 Å². The summed E-state index contributed by atoms with van der Waals surface area (Å²) in [5, 5.41) is 6.22. The minimum Gasteiger partial charge on any atom is -0.444 e. The quantitative estimate of drug-likeness (QED) is 0.588. The largest absolute Gasteiger partial charge is 0.444 e. The van der Waals surface area contributed by atoms with Crippen LogP contribution in [-0.2, 0) is 11.2 Å². The van der Waals surface area contributed by atoms with Gasteiger partial charge in [-0.15, -0.1) is 0 Å². The fourth-order valence-electron chi connectivity index (χ4n) is 2.57. The van der Waals surface area contributed by atoms with E-state index in [0.717, 1.165) is 18.5 Å². The third-order valence-corrected chi connectivity index (χ3v) is 3.43. The van der Waals surface area contributed by atoms with Crippen LogP contribution in [0.2, 0.25) is 0 Å². The Morgan fingerprint density at radius 2 is 2.14 bits per heavy atom. The molecule has 1 aromatic rings. The molecule has 0 aliphatic heterocycles. The van der Waals surface area contributed by atoms with Gasteiger partial charge in [0, 0.05) is 24.8 Å². The van der Waals surface area contributed by atoms with Crippen LogP contribution in [0.3, 0.4) is 0 Å². The number of benzene rings is 1. The van der Waals surface area contributed by atoms with E-state index in [0.29, 0.717) is 19.1 Å². The standard InChI is InChI=1S/C16H25N3O2/c1-16(2,3)21-15(20)19-9-8-18-14-7-4-11-10-12(17)5-6-13(11)14/h5-6,10,14,18H,4,7-9,17H2,1-3H3,(H,19,20). The molecule has 5 nitrogen and oxygen atoms in total. The molecule has 0 fully saturated rings. The maximum absolute atomic E-state index is 11.5. The molecule has 5 heteroatoms. The predicted octanol–water partition coefficient (Wildman–Crippen LogP) is 2.37. The number of ether oxygens (including phenoxy) is 1. The molecule has 1 aliphatic carbocycles. The molecule has 2 rings (SSSR count). The van der Waals surface area contributed by atoms with Crippen LogP contribution in [0, 0.1) is 0 Å². The second kappa shape index (κ2) is 6.35. The van der Waals surface area contributed by atoms with Crippen LogP contribution in [-0.4, -0.2) is 24.8 Å². The van der Waals surface area contributed by atoms with Crippen LogP contribution < -0.4 is 16.4 Å². The molecule has 0 aromatic heterocycles. The fourth-order valence-corrected chi connectivity index (χ4v) is 2.57. The van der Waals surface area contributed by atoms with Crippen molar-refractivity contribution in [2.75, 3.05) is 18.8 Å². The Kier molecular flexibility index (Phi) is 4.73. The van der Waals surface area contributed by atoms with Gasteiger partial charge < -0.3 is 21.1 Å². The summed E-state index contributed by atoms with van der Waals surface area (Å²) in [6.07, 6.45) is 1.76. The van der Waals surface area contributed by atoms with Crippen molar-refractivity contribution >= 4 is 11.8 Å². The van der Waals surface area contributed by atoms with E-state index in [4.69, 9.17) is 10.5 Å². The Hall–Kier alpha value is -1.75. The topological polar surface area (TPSA) is 76.4 Å². The van der Waals surface area contributed by atoms with Gasteiger partial charge in [-0.2, -0.15) is 0 Å². The number of rotatable bonds is 4. The number of nitrogen functional groups attached to an aromatic ring is 1. The summed E-state index contributed by atoms with van der Waals surface area (Å²) in [5.41, 5.74) is 8.81. The highest BCUT2D eigenvalue weighted by molar-refractivity contribution is 5.67. The Labute approximate surface area is 126 Å². The average molecular weight is 291 g/mol. The van der Waals surface area contributed by atoms with Crippen LogP contribution in [0.1, 0.15) is 44.4 Å². The van der Waals surface area contributed by atoms with Crippen LogP contribution in [0.15, 0.2) is 18.2 Å². The number of hydrogen-bond donors (Lipinski definition) is 3. The van der Waals surface area contributed by atoms with Crippen LogP contribution in [0.25, 0.3) is 0 Å². The first kappa shape index (κ1) is 15.6. The van der Waals surface area contributed by atoms with Gasteiger partial charge in [-0.1, -0.05) is 6.07 Å². The van der Waals surface area contributed by atoms with Gasteiger partial charge in [-0.25, -0.2) is 4.79 Å². The monoisotopic (exact) mass is 291 g/mol. The van der Waals surface area contributed by atoms with Crippen molar-refractivity contribution in [3.05, 3.63) is 29.3 Å². The lowest BCUT2D eigenvalue weighted by Crippen LogP contribution is -2.37. The molecule has 1 amide bonds. The minimum atomic E-state index is -0.457. The fraction of sp³-hybridized carbons (Fsp3) is 0.562. The van der Waals surface area contributed by atoms with Gasteiger partial charge in [-0.3, -0.25) is 0 Å². The SMILES string of the molecule is CC(C)(C)OC(=O)NCCNC1CCc2cc(N)ccc21. The predicted molar refractivity (Wildman–Crippen MR) is 84.2 cm³/mol. The first-order chi connectivity index (χ1) is 9.85. The number of alkyl carbamates (subject to hydrolysis) is 1. The van der Waals surface area contributed by atoms with Gasteiger partial charge in [0.15, 0.2) is 0 Å². The Balaban J connectivity index is 1.73. The summed E-state index contributed by atoms with van der Waals surface area (Å²) in [4.78, 5) is 11.5. The zero-order chi connectivity index (χ0) is 15.5. The van der Waals surface area contributed by atoms with Gasteiger partial charge in [0.25, 0.3) is 0 Å². The summed E-state index contributed by atoms with van der Waals surface area (Å²) < 4.78 is 5.19. The summed E-state index contributed by atoms with van der Waals surface area (Å²) in [7, 11) is 0. The first-order valence-corrected chi connectivity index (χ1v) is 7.44. The molecule has 116 valence electrons. The summed E-state index contributed by atoms with van der Waals surface area (Å²) in [6.45, 7) is 6.83. The van der Waals surface area contributed by atoms with Gasteiger partial charge in [0.1, 0.15) is 5.60 Å². The number of carbonyl (C=O) groups is 1. The summed E-state index contributed by atoms with van der Waals surface area (Å²) >= 11 is 0. The molecule has 0 radical (unpaired) electrons. The zero-order valence-corrected chi connectivity index (χ0v) is 13.0. The van der Waals surface area contributed by atoms with Crippen LogP contribution >= 0.6 is 0 Å². The molecule has 1 atom stereocenters. The molecule has 4 N–H and O–H groups in total. The smallest absolute Gasteiger partial charge is 0.407 e. The number of fused-ring (bicyclic) bond motifs is 1. The van der Waals surface area contributed by atoms with E-state index < -0.39 is 5.60 Å². The van der Waals surface area contributed by atoms with Crippen molar-refractivity contribution in [1.82, 2.24) is 10.6 Å². The van der Waals surface area contributed by atoms with Crippen molar-refractivity contribution in [3.8, 4) is 0 Å². The maximum atomic E-state index is 11.5. The lowest BCUT2D eigenvalue weighted by atomic mass is 10.1. The average Bonchev–Trinajstić information content (AvgIpc) is 2.75. The molecule has 1 aromatic carbocycles. The molecule has 0 spiro atoms. The minimum absolute atomic E-state index is 0.348. The van der Waals surface area contributed by atoms with E-state index in [1.165, 1.54) is 11.1 Å². The van der Waals surface area contributed by atoms with Crippen LogP contribution in [0.5, 0.6) is 0 Å². The zero-order valence-electron chi connectivity index (χ0n) is 13.0. The van der Waals surface area contributed by atoms with Crippen molar-refractivity contribution < 1.29 is 9.53 Å². The molecule has 0 saturated heterocycles. The first-order valence-electron chi connectivity index (χ1n) is 7.44. The number of amides is 1. The molecular weight excluding hydrogens is 266 g/mol. The van der Waals surface area contributed by atoms with Crippen LogP contribution in [0.4, 0.5) is 10.5 Å². The van der Waals surface area contributed by atoms with Crippen molar-refractivity contribution in [2.45, 2.75) is 45.3 Å². The molecular formula is C16H25N3O2. The van der Waals surface area contributed by atoms with Crippen molar-refractivity contribution in [3.63, 3.8) is 0 Å². The lowest BCUT2D eigenvalue weighted by molar-refractivity contribution is 0.0528. The lowest BCUT2D eigenvalue weighted by Gasteiger charge is -2.20. The number of nitrogens with one attached hydrogen (secondary N) is 2. The number of carbonyl (C=O) groups excluding carboxylic acids is 1. The third kappa shape index (κ3) is 4.63. The van der Waals surface area contributed by atoms with E-state index >= 15 is 0 Å². The highest BCUT2D eigenvalue weighted by Crippen LogP contribution is 2.31. The number of anilines is 1. The van der Waals surface area contributed by atoms with Crippen molar-refractivity contribution in [2.24, 2.45) is 0 Å². The van der Waals surface area contributed by atoms with Gasteiger partial charge >= 0.3 is 6.09 Å². The summed E-state index contributed by atoms with van der Waals surface area (Å²) in [5.74, 6) is 0. The Bertz CT molecular complexity index is 509. The van der Waals surface area contributed by atoms with E-state index in [9.17, 15) is 4.79 Å². The number of aryl methyl sites for hydroxylation is 1. The van der Waals surface area contributed by atoms with E-state index in [-0.39, 0.29) is 6.09 Å². The second-order valence-corrected chi connectivity index (χ2v) is 6.43. The third-order valence-electron chi connectivity index (χ3n) is 3.43. The Morgan fingerprint density at radius 1 is 1.38 bits per heavy atom. The highest BCUT2D eigenvalue weighted by atomic mass is 16.6. The van der Waals surface area contributed by atoms with Crippen molar-refractivity contribution in [1.29, 1.82) is 0 Å². The molecule has 0 heterocycles. The molecule has 0 saturated carbocycles. The highest BCUT2D eigenvalue weighted by Gasteiger charge is 2.21. The molecule has 0 bridgehead atoms. The molecule has 21 heavy (non-hydrogen) atoms. The van der Waals surface area contributed by atoms with E-state index in [1.54, 1.807) is 0 Å². The Morgan fingerprint density at radius 3 is 2.86 bits per heavy atom. The summed E-state index contributed by atoms with van der Waals surface area (Å²) in [6, 6.07) is 6.44. The molecule has 1 unspecified atom stereocenters. The van der Waals surface area contributed by atoms with E-state index in [2.05, 4.69) is 22.8 Å². The normalized spacial score (nSPS) is 17.4. The maximum Gasteiger partial charge on any atom is 0.407 e. The number of nitrogens with two attached hydrogens (primary N) is 1.